The van der Waals surface area contributed by atoms with E-state index in [9.17, 15) is 0 Å². The molecule has 1 aromatic heterocycles. The number of rotatable bonds is 4. The number of allylic oxidation sites excluding steroid dienone is 4. The molecule has 0 bridgehead atoms. The van der Waals surface area contributed by atoms with Crippen LogP contribution >= 0.6 is 11.6 Å². The molecule has 0 radical (unpaired) electrons. The fourth-order valence-corrected chi connectivity index (χ4v) is 2.70. The lowest BCUT2D eigenvalue weighted by molar-refractivity contribution is 0.366. The van der Waals surface area contributed by atoms with Crippen molar-refractivity contribution in [3.8, 4) is 0 Å². The molecule has 0 fully saturated rings. The highest BCUT2D eigenvalue weighted by molar-refractivity contribution is 6.30. The predicted molar refractivity (Wildman–Crippen MR) is 85.5 cm³/mol. The largest absolute Gasteiger partial charge is 0.449 e. The van der Waals surface area contributed by atoms with E-state index in [1.54, 1.807) is 6.26 Å². The van der Waals surface area contributed by atoms with Crippen LogP contribution in [0.15, 0.2) is 59.2 Å². The van der Waals surface area contributed by atoms with Gasteiger partial charge in [-0.3, -0.25) is 0 Å². The Balaban J connectivity index is 1.67. The second kappa shape index (κ2) is 5.90. The molecule has 1 aliphatic carbocycles. The fraction of sp³-hybridized carbons (Fsp3) is 0.278. The predicted octanol–water partition coefficient (Wildman–Crippen LogP) is 4.98. The molecule has 1 aromatic carbocycles. The molecule has 0 spiro atoms. The Labute approximate surface area is 130 Å². The maximum absolute atomic E-state index is 5.90. The Morgan fingerprint density at radius 2 is 2.05 bits per heavy atom. The monoisotopic (exact) mass is 299 g/mol. The first-order valence-corrected chi connectivity index (χ1v) is 7.53. The minimum absolute atomic E-state index is 0.108. The Bertz CT molecular complexity index is 669. The van der Waals surface area contributed by atoms with Crippen molar-refractivity contribution in [2.75, 3.05) is 0 Å². The van der Waals surface area contributed by atoms with Gasteiger partial charge in [-0.05, 0) is 29.5 Å². The topological polar surface area (TPSA) is 26.0 Å². The highest BCUT2D eigenvalue weighted by Gasteiger charge is 2.24. The summed E-state index contributed by atoms with van der Waals surface area (Å²) in [4.78, 5) is 4.61. The molecule has 1 atom stereocenters. The molecule has 1 aliphatic rings. The van der Waals surface area contributed by atoms with Gasteiger partial charge in [0, 0.05) is 17.9 Å². The Morgan fingerprint density at radius 1 is 1.24 bits per heavy atom. The van der Waals surface area contributed by atoms with E-state index in [1.165, 1.54) is 5.56 Å². The molecule has 0 amide bonds. The van der Waals surface area contributed by atoms with Crippen molar-refractivity contribution in [3.63, 3.8) is 0 Å². The van der Waals surface area contributed by atoms with Gasteiger partial charge < -0.3 is 4.42 Å². The van der Waals surface area contributed by atoms with E-state index in [2.05, 4.69) is 36.2 Å². The van der Waals surface area contributed by atoms with Gasteiger partial charge in [-0.25, -0.2) is 4.98 Å². The number of hydrogen-bond acceptors (Lipinski definition) is 2. The second-order valence-corrected chi connectivity index (χ2v) is 6.29. The third-order valence-electron chi connectivity index (χ3n) is 3.78. The lowest BCUT2D eigenvalue weighted by Gasteiger charge is -2.24. The highest BCUT2D eigenvalue weighted by Crippen LogP contribution is 2.31. The van der Waals surface area contributed by atoms with E-state index in [-0.39, 0.29) is 5.41 Å². The van der Waals surface area contributed by atoms with Crippen molar-refractivity contribution >= 4 is 11.6 Å². The van der Waals surface area contributed by atoms with Crippen LogP contribution < -0.4 is 0 Å². The lowest BCUT2D eigenvalue weighted by atomic mass is 9.81. The number of nitrogens with zero attached hydrogens (tertiary/aromatic N) is 1. The van der Waals surface area contributed by atoms with Crippen LogP contribution in [0.1, 0.15) is 30.5 Å². The van der Waals surface area contributed by atoms with E-state index in [0.29, 0.717) is 0 Å². The number of hydrogen-bond donors (Lipinski definition) is 0. The summed E-state index contributed by atoms with van der Waals surface area (Å²) >= 11 is 5.90. The second-order valence-electron chi connectivity index (χ2n) is 5.86. The minimum atomic E-state index is 0.108. The standard InChI is InChI=1S/C18H18ClNO/c1-18(9-3-2-4-10-18)12-17-20-16(13-21-17)11-14-5-7-15(19)8-6-14/h2-9,13H,10-12H2,1H3/t18-/m1/s1. The van der Waals surface area contributed by atoms with Gasteiger partial charge in [-0.2, -0.15) is 0 Å². The molecule has 0 saturated heterocycles. The van der Waals surface area contributed by atoms with Crippen molar-refractivity contribution in [2.45, 2.75) is 26.2 Å². The maximum Gasteiger partial charge on any atom is 0.195 e. The van der Waals surface area contributed by atoms with Crippen LogP contribution in [0.3, 0.4) is 0 Å². The Morgan fingerprint density at radius 3 is 2.76 bits per heavy atom. The molecule has 3 rings (SSSR count). The fourth-order valence-electron chi connectivity index (χ4n) is 2.57. The quantitative estimate of drug-likeness (QED) is 0.795. The van der Waals surface area contributed by atoms with E-state index < -0.39 is 0 Å². The molecule has 3 heteroatoms. The van der Waals surface area contributed by atoms with Crippen LogP contribution in [0.2, 0.25) is 5.02 Å². The van der Waals surface area contributed by atoms with Crippen molar-refractivity contribution in [3.05, 3.63) is 77.0 Å². The number of benzene rings is 1. The van der Waals surface area contributed by atoms with Gasteiger partial charge in [0.05, 0.1) is 5.69 Å². The number of halogens is 1. The zero-order valence-electron chi connectivity index (χ0n) is 12.1. The smallest absolute Gasteiger partial charge is 0.195 e. The van der Waals surface area contributed by atoms with Gasteiger partial charge in [0.2, 0.25) is 0 Å². The molecule has 0 unspecified atom stereocenters. The molecular weight excluding hydrogens is 282 g/mol. The van der Waals surface area contributed by atoms with Gasteiger partial charge in [-0.15, -0.1) is 0 Å². The molecular formula is C18H18ClNO. The van der Waals surface area contributed by atoms with Gasteiger partial charge in [0.1, 0.15) is 6.26 Å². The van der Waals surface area contributed by atoms with E-state index >= 15 is 0 Å². The molecule has 1 heterocycles. The average Bonchev–Trinajstić information content (AvgIpc) is 2.88. The van der Waals surface area contributed by atoms with Crippen LogP contribution in [-0.4, -0.2) is 4.98 Å². The molecule has 2 aromatic rings. The normalized spacial score (nSPS) is 20.9. The van der Waals surface area contributed by atoms with Crippen molar-refractivity contribution in [1.29, 1.82) is 0 Å². The first-order valence-electron chi connectivity index (χ1n) is 7.15. The van der Waals surface area contributed by atoms with Crippen molar-refractivity contribution in [1.82, 2.24) is 4.98 Å². The van der Waals surface area contributed by atoms with Gasteiger partial charge in [-0.1, -0.05) is 55.0 Å². The molecule has 0 saturated carbocycles. The molecule has 21 heavy (non-hydrogen) atoms. The Hall–Kier alpha value is -1.80. The summed E-state index contributed by atoms with van der Waals surface area (Å²) in [5.74, 6) is 0.807. The summed E-state index contributed by atoms with van der Waals surface area (Å²) < 4.78 is 5.63. The molecule has 2 nitrogen and oxygen atoms in total. The van der Waals surface area contributed by atoms with Crippen LogP contribution in [0, 0.1) is 5.41 Å². The minimum Gasteiger partial charge on any atom is -0.449 e. The summed E-state index contributed by atoms with van der Waals surface area (Å²) in [5, 5.41) is 0.754. The summed E-state index contributed by atoms with van der Waals surface area (Å²) in [6, 6.07) is 7.84. The summed E-state index contributed by atoms with van der Waals surface area (Å²) in [6.45, 7) is 2.23. The highest BCUT2D eigenvalue weighted by atomic mass is 35.5. The van der Waals surface area contributed by atoms with Gasteiger partial charge in [0.25, 0.3) is 0 Å². The zero-order chi connectivity index (χ0) is 14.7. The Kier molecular flexibility index (Phi) is 3.98. The van der Waals surface area contributed by atoms with Gasteiger partial charge in [0.15, 0.2) is 5.89 Å². The summed E-state index contributed by atoms with van der Waals surface area (Å²) in [6.07, 6.45) is 13.0. The molecule has 0 aliphatic heterocycles. The molecule has 0 N–H and O–H groups in total. The SMILES string of the molecule is C[C@@]1(Cc2nc(Cc3ccc(Cl)cc3)co2)C=CC=CC1. The maximum atomic E-state index is 5.90. The van der Waals surface area contributed by atoms with E-state index in [1.807, 2.05) is 24.3 Å². The third-order valence-corrected chi connectivity index (χ3v) is 4.03. The van der Waals surface area contributed by atoms with Gasteiger partial charge >= 0.3 is 0 Å². The summed E-state index contributed by atoms with van der Waals surface area (Å²) in [5.41, 5.74) is 2.26. The number of oxazole rings is 1. The van der Waals surface area contributed by atoms with Crippen LogP contribution in [0.5, 0.6) is 0 Å². The molecule has 108 valence electrons. The van der Waals surface area contributed by atoms with Crippen LogP contribution in [0.25, 0.3) is 0 Å². The zero-order valence-corrected chi connectivity index (χ0v) is 12.8. The van der Waals surface area contributed by atoms with Crippen LogP contribution in [0.4, 0.5) is 0 Å². The lowest BCUT2D eigenvalue weighted by Crippen LogP contribution is -2.17. The first-order chi connectivity index (χ1) is 10.1. The average molecular weight is 300 g/mol. The van der Waals surface area contributed by atoms with E-state index in [0.717, 1.165) is 35.9 Å². The number of aromatic nitrogens is 1. The van der Waals surface area contributed by atoms with Crippen molar-refractivity contribution in [2.24, 2.45) is 5.41 Å². The summed E-state index contributed by atoms with van der Waals surface area (Å²) in [7, 11) is 0. The van der Waals surface area contributed by atoms with Crippen LogP contribution in [-0.2, 0) is 12.8 Å². The first kappa shape index (κ1) is 14.2. The third kappa shape index (κ3) is 3.64. The van der Waals surface area contributed by atoms with Crippen molar-refractivity contribution < 1.29 is 4.42 Å². The van der Waals surface area contributed by atoms with E-state index in [4.69, 9.17) is 16.0 Å².